The van der Waals surface area contributed by atoms with E-state index in [2.05, 4.69) is 24.5 Å². The third-order valence-electron chi connectivity index (χ3n) is 1.12. The van der Waals surface area contributed by atoms with Gasteiger partial charge in [-0.2, -0.15) is 0 Å². The van der Waals surface area contributed by atoms with E-state index >= 15 is 0 Å². The van der Waals surface area contributed by atoms with Crippen LogP contribution in [0.15, 0.2) is 29.2 Å². The highest BCUT2D eigenvalue weighted by molar-refractivity contribution is 7.80. The average molecular weight is 148 g/mol. The molecule has 0 aliphatic heterocycles. The summed E-state index contributed by atoms with van der Waals surface area (Å²) in [6.45, 7) is 1.82. The minimum atomic E-state index is 0.959. The lowest BCUT2D eigenvalue weighted by atomic mass is 10.2. The third kappa shape index (κ3) is 1.82. The van der Waals surface area contributed by atoms with Gasteiger partial charge < -0.3 is 0 Å². The largest absolute Gasteiger partial charge is 0.143 e. The highest BCUT2D eigenvalue weighted by atomic mass is 32.1. The monoisotopic (exact) mass is 148 g/mol. The fourth-order valence-electron chi connectivity index (χ4n) is 0.728. The van der Waals surface area contributed by atoms with E-state index in [9.17, 15) is 0 Å². The van der Waals surface area contributed by atoms with Gasteiger partial charge in [-0.05, 0) is 25.1 Å². The van der Waals surface area contributed by atoms with Gasteiger partial charge >= 0.3 is 0 Å². The molecule has 0 fully saturated rings. The first kappa shape index (κ1) is 7.24. The Morgan fingerprint density at radius 1 is 1.40 bits per heavy atom. The Bertz CT molecular complexity index is 278. The second kappa shape index (κ2) is 3.34. The number of thiol groups is 1. The van der Waals surface area contributed by atoms with E-state index in [1.165, 1.54) is 0 Å². The van der Waals surface area contributed by atoms with E-state index in [0.29, 0.717) is 0 Å². The van der Waals surface area contributed by atoms with Gasteiger partial charge in [0.2, 0.25) is 0 Å². The highest BCUT2D eigenvalue weighted by Gasteiger charge is 1.85. The van der Waals surface area contributed by atoms with Gasteiger partial charge in [-0.15, -0.1) is 18.5 Å². The minimum absolute atomic E-state index is 0.959. The van der Waals surface area contributed by atoms with Crippen LogP contribution in [0, 0.1) is 11.8 Å². The quantitative estimate of drug-likeness (QED) is 0.424. The van der Waals surface area contributed by atoms with E-state index in [1.807, 2.05) is 31.2 Å². The van der Waals surface area contributed by atoms with E-state index in [1.54, 1.807) is 0 Å². The van der Waals surface area contributed by atoms with Crippen LogP contribution in [-0.4, -0.2) is 0 Å². The fourth-order valence-corrected chi connectivity index (χ4v) is 0.953. The van der Waals surface area contributed by atoms with E-state index < -0.39 is 0 Å². The maximum atomic E-state index is 4.18. The van der Waals surface area contributed by atoms with Gasteiger partial charge in [0.05, 0.1) is 0 Å². The van der Waals surface area contributed by atoms with Crippen molar-refractivity contribution in [3.8, 4) is 11.8 Å². The van der Waals surface area contributed by atoms with Crippen molar-refractivity contribution in [3.05, 3.63) is 29.8 Å². The van der Waals surface area contributed by atoms with Crippen LogP contribution in [0.5, 0.6) is 0 Å². The topological polar surface area (TPSA) is 0 Å². The predicted octanol–water partition coefficient (Wildman–Crippen LogP) is 2.35. The minimum Gasteiger partial charge on any atom is -0.143 e. The van der Waals surface area contributed by atoms with Crippen molar-refractivity contribution in [2.75, 3.05) is 0 Å². The summed E-state index contributed by atoms with van der Waals surface area (Å²) in [6.07, 6.45) is 0. The molecule has 0 heterocycles. The van der Waals surface area contributed by atoms with E-state index in [-0.39, 0.29) is 0 Å². The second-order valence-electron chi connectivity index (χ2n) is 1.93. The molecule has 0 aromatic heterocycles. The number of hydrogen-bond acceptors (Lipinski definition) is 1. The van der Waals surface area contributed by atoms with Gasteiger partial charge in [0.25, 0.3) is 0 Å². The molecule has 0 amide bonds. The molecule has 10 heavy (non-hydrogen) atoms. The van der Waals surface area contributed by atoms with Gasteiger partial charge in [-0.3, -0.25) is 0 Å². The summed E-state index contributed by atoms with van der Waals surface area (Å²) >= 11 is 4.18. The van der Waals surface area contributed by atoms with Crippen LogP contribution >= 0.6 is 12.6 Å². The Labute approximate surface area is 66.7 Å². The number of hydrogen-bond donors (Lipinski definition) is 1. The van der Waals surface area contributed by atoms with E-state index in [4.69, 9.17) is 0 Å². The van der Waals surface area contributed by atoms with Crippen molar-refractivity contribution < 1.29 is 0 Å². The van der Waals surface area contributed by atoms with Crippen LogP contribution in [0.4, 0.5) is 0 Å². The summed E-state index contributed by atoms with van der Waals surface area (Å²) in [5.41, 5.74) is 1.02. The second-order valence-corrected chi connectivity index (χ2v) is 2.44. The Morgan fingerprint density at radius 2 is 2.20 bits per heavy atom. The molecular weight excluding hydrogens is 140 g/mol. The summed E-state index contributed by atoms with van der Waals surface area (Å²) in [7, 11) is 0. The van der Waals surface area contributed by atoms with Crippen LogP contribution in [0.2, 0.25) is 0 Å². The van der Waals surface area contributed by atoms with Gasteiger partial charge in [-0.1, -0.05) is 12.0 Å². The summed E-state index contributed by atoms with van der Waals surface area (Å²) in [4.78, 5) is 0.959. The van der Waals surface area contributed by atoms with Crippen molar-refractivity contribution >= 4 is 12.6 Å². The summed E-state index contributed by atoms with van der Waals surface area (Å²) in [6, 6.07) is 7.79. The normalized spacial score (nSPS) is 8.20. The molecule has 1 aromatic rings. The van der Waals surface area contributed by atoms with Gasteiger partial charge in [-0.25, -0.2) is 0 Å². The zero-order chi connectivity index (χ0) is 7.40. The lowest BCUT2D eigenvalue weighted by Crippen LogP contribution is -1.71. The lowest BCUT2D eigenvalue weighted by molar-refractivity contribution is 1.45. The van der Waals surface area contributed by atoms with Crippen LogP contribution in [0.3, 0.4) is 0 Å². The highest BCUT2D eigenvalue weighted by Crippen LogP contribution is 2.06. The maximum Gasteiger partial charge on any atom is 0.0256 e. The molecule has 0 saturated heterocycles. The van der Waals surface area contributed by atoms with Crippen LogP contribution in [0.1, 0.15) is 12.5 Å². The molecule has 0 aliphatic carbocycles. The average Bonchev–Trinajstić information content (AvgIpc) is 1.88. The van der Waals surface area contributed by atoms with Crippen molar-refractivity contribution in [1.82, 2.24) is 0 Å². The maximum absolute atomic E-state index is 4.18. The van der Waals surface area contributed by atoms with Gasteiger partial charge in [0.1, 0.15) is 0 Å². The zero-order valence-corrected chi connectivity index (χ0v) is 6.65. The van der Waals surface area contributed by atoms with Crippen LogP contribution < -0.4 is 0 Å². The summed E-state index contributed by atoms with van der Waals surface area (Å²) in [5.74, 6) is 5.78. The van der Waals surface area contributed by atoms with Crippen molar-refractivity contribution in [2.24, 2.45) is 0 Å². The molecule has 0 radical (unpaired) electrons. The molecule has 0 atom stereocenters. The Hall–Kier alpha value is -0.870. The molecule has 0 aliphatic rings. The molecule has 1 rings (SSSR count). The van der Waals surface area contributed by atoms with Crippen molar-refractivity contribution in [2.45, 2.75) is 11.8 Å². The Kier molecular flexibility index (Phi) is 2.42. The first-order valence-electron chi connectivity index (χ1n) is 3.04. The molecule has 0 saturated carbocycles. The Balaban J connectivity index is 3.03. The summed E-state index contributed by atoms with van der Waals surface area (Å²) < 4.78 is 0. The molecule has 0 nitrogen and oxygen atoms in total. The SMILES string of the molecule is CC#Cc1cccc(S)c1. The molecule has 0 N–H and O–H groups in total. The van der Waals surface area contributed by atoms with Crippen molar-refractivity contribution in [1.29, 1.82) is 0 Å². The predicted molar refractivity (Wildman–Crippen MR) is 46.2 cm³/mol. The molecule has 1 aromatic carbocycles. The fraction of sp³-hybridized carbons (Fsp3) is 0.111. The molecule has 50 valence electrons. The standard InChI is InChI=1S/C9H8S/c1-2-4-8-5-3-6-9(10)7-8/h3,5-7,10H,1H3. The van der Waals surface area contributed by atoms with E-state index in [0.717, 1.165) is 10.5 Å². The first-order chi connectivity index (χ1) is 4.83. The van der Waals surface area contributed by atoms with Gasteiger partial charge in [0.15, 0.2) is 0 Å². The molecular formula is C9H8S. The third-order valence-corrected chi connectivity index (χ3v) is 1.39. The number of benzene rings is 1. The van der Waals surface area contributed by atoms with Crippen molar-refractivity contribution in [3.63, 3.8) is 0 Å². The lowest BCUT2D eigenvalue weighted by Gasteiger charge is -1.90. The molecule has 0 bridgehead atoms. The smallest absolute Gasteiger partial charge is 0.0256 e. The Morgan fingerprint density at radius 3 is 2.80 bits per heavy atom. The molecule has 0 spiro atoms. The molecule has 0 unspecified atom stereocenters. The first-order valence-corrected chi connectivity index (χ1v) is 3.49. The number of rotatable bonds is 0. The van der Waals surface area contributed by atoms with Gasteiger partial charge in [0, 0.05) is 10.5 Å². The zero-order valence-electron chi connectivity index (χ0n) is 5.76. The van der Waals surface area contributed by atoms with Crippen LogP contribution in [-0.2, 0) is 0 Å². The van der Waals surface area contributed by atoms with Crippen LogP contribution in [0.25, 0.3) is 0 Å². The summed E-state index contributed by atoms with van der Waals surface area (Å²) in [5, 5.41) is 0. The molecule has 1 heteroatoms.